The van der Waals surface area contributed by atoms with Crippen molar-refractivity contribution in [2.75, 3.05) is 7.11 Å². The lowest BCUT2D eigenvalue weighted by Gasteiger charge is -2.15. The summed E-state index contributed by atoms with van der Waals surface area (Å²) in [6.07, 6.45) is 0. The van der Waals surface area contributed by atoms with E-state index in [1.807, 2.05) is 42.5 Å². The molecule has 2 aromatic rings. The van der Waals surface area contributed by atoms with Crippen LogP contribution >= 0.6 is 11.8 Å². The minimum atomic E-state index is -0.857. The van der Waals surface area contributed by atoms with E-state index in [0.717, 1.165) is 10.6 Å². The molecule has 0 fully saturated rings. The van der Waals surface area contributed by atoms with E-state index >= 15 is 0 Å². The second-order valence-corrected chi connectivity index (χ2v) is 5.90. The van der Waals surface area contributed by atoms with Crippen LogP contribution in [0.2, 0.25) is 0 Å². The maximum absolute atomic E-state index is 11.9. The van der Waals surface area contributed by atoms with Crippen LogP contribution < -0.4 is 0 Å². The average Bonchev–Trinajstić information content (AvgIpc) is 2.54. The number of ether oxygens (including phenoxy) is 1. The number of rotatable bonds is 6. The molecule has 0 radical (unpaired) electrons. The van der Waals surface area contributed by atoms with Gasteiger partial charge in [0, 0.05) is 10.6 Å². The van der Waals surface area contributed by atoms with E-state index < -0.39 is 11.9 Å². The van der Waals surface area contributed by atoms with Gasteiger partial charge in [-0.05, 0) is 24.1 Å². The summed E-state index contributed by atoms with van der Waals surface area (Å²) in [6, 6.07) is 17.6. The second kappa shape index (κ2) is 7.80. The lowest BCUT2D eigenvalue weighted by molar-refractivity contribution is -0.145. The maximum Gasteiger partial charge on any atom is 0.320 e. The molecule has 0 heterocycles. The highest BCUT2D eigenvalue weighted by atomic mass is 32.2. The van der Waals surface area contributed by atoms with Crippen molar-refractivity contribution in [2.24, 2.45) is 0 Å². The third-order valence-corrected chi connectivity index (χ3v) is 4.47. The average molecular weight is 314 g/mol. The van der Waals surface area contributed by atoms with Gasteiger partial charge in [0.15, 0.2) is 0 Å². The number of thioether (sulfide) groups is 1. The number of carbonyl (C=O) groups excluding carboxylic acids is 2. The van der Waals surface area contributed by atoms with Gasteiger partial charge in [-0.1, -0.05) is 48.5 Å². The summed E-state index contributed by atoms with van der Waals surface area (Å²) in [7, 11) is 1.30. The molecular formula is C18H18O3S. The smallest absolute Gasteiger partial charge is 0.320 e. The van der Waals surface area contributed by atoms with E-state index in [2.05, 4.69) is 12.1 Å². The zero-order valence-electron chi connectivity index (χ0n) is 12.6. The van der Waals surface area contributed by atoms with Gasteiger partial charge in [-0.3, -0.25) is 9.59 Å². The van der Waals surface area contributed by atoms with Crippen LogP contribution in [0.5, 0.6) is 0 Å². The molecule has 2 rings (SSSR count). The van der Waals surface area contributed by atoms with Crippen LogP contribution in [0.4, 0.5) is 0 Å². The molecule has 0 aliphatic heterocycles. The first-order chi connectivity index (χ1) is 10.6. The zero-order chi connectivity index (χ0) is 15.9. The number of ketones is 1. The van der Waals surface area contributed by atoms with Gasteiger partial charge in [0.2, 0.25) is 0 Å². The summed E-state index contributed by atoms with van der Waals surface area (Å²) in [5, 5.41) is 0. The number of esters is 1. The molecule has 0 N–H and O–H groups in total. The van der Waals surface area contributed by atoms with Crippen LogP contribution in [-0.4, -0.2) is 18.9 Å². The molecule has 114 valence electrons. The minimum Gasteiger partial charge on any atom is -0.468 e. The van der Waals surface area contributed by atoms with E-state index in [0.29, 0.717) is 5.56 Å². The molecule has 0 aliphatic rings. The van der Waals surface area contributed by atoms with Crippen molar-refractivity contribution in [1.29, 1.82) is 0 Å². The van der Waals surface area contributed by atoms with Crippen LogP contribution in [0.25, 0.3) is 0 Å². The van der Waals surface area contributed by atoms with Gasteiger partial charge in [-0.15, -0.1) is 11.8 Å². The SMILES string of the molecule is COC(=O)C(C(C)=O)c1ccccc1SCc1ccccc1. The number of Topliss-reactive ketones (excluding diaryl/α,β-unsaturated/α-hetero) is 1. The van der Waals surface area contributed by atoms with Gasteiger partial charge < -0.3 is 4.74 Å². The molecule has 3 nitrogen and oxygen atoms in total. The van der Waals surface area contributed by atoms with Crippen LogP contribution in [0, 0.1) is 0 Å². The molecule has 0 aliphatic carbocycles. The fraction of sp³-hybridized carbons (Fsp3) is 0.222. The summed E-state index contributed by atoms with van der Waals surface area (Å²) in [5.74, 6) is -0.798. The first-order valence-electron chi connectivity index (χ1n) is 6.97. The fourth-order valence-corrected chi connectivity index (χ4v) is 3.26. The van der Waals surface area contributed by atoms with Crippen molar-refractivity contribution in [2.45, 2.75) is 23.5 Å². The Balaban J connectivity index is 2.25. The lowest BCUT2D eigenvalue weighted by Crippen LogP contribution is -2.21. The number of methoxy groups -OCH3 is 1. The molecule has 0 spiro atoms. The normalized spacial score (nSPS) is 11.7. The highest BCUT2D eigenvalue weighted by Gasteiger charge is 2.28. The van der Waals surface area contributed by atoms with E-state index in [1.54, 1.807) is 11.8 Å². The highest BCUT2D eigenvalue weighted by Crippen LogP contribution is 2.32. The third-order valence-electron chi connectivity index (χ3n) is 3.31. The summed E-state index contributed by atoms with van der Waals surface area (Å²) >= 11 is 1.61. The van der Waals surface area contributed by atoms with E-state index in [1.165, 1.54) is 19.6 Å². The summed E-state index contributed by atoms with van der Waals surface area (Å²) < 4.78 is 4.78. The topological polar surface area (TPSA) is 43.4 Å². The Bertz CT molecular complexity index is 652. The summed E-state index contributed by atoms with van der Waals surface area (Å²) in [6.45, 7) is 1.42. The van der Waals surface area contributed by atoms with Crippen molar-refractivity contribution in [3.8, 4) is 0 Å². The monoisotopic (exact) mass is 314 g/mol. The molecule has 0 aromatic heterocycles. The van der Waals surface area contributed by atoms with Gasteiger partial charge in [0.05, 0.1) is 7.11 Å². The standard InChI is InChI=1S/C18H18O3S/c1-13(19)17(18(20)21-2)15-10-6-7-11-16(15)22-12-14-8-4-3-5-9-14/h3-11,17H,12H2,1-2H3. The molecule has 4 heteroatoms. The van der Waals surface area contributed by atoms with Gasteiger partial charge in [0.1, 0.15) is 11.7 Å². The minimum absolute atomic E-state index is 0.209. The van der Waals surface area contributed by atoms with Crippen LogP contribution in [0.1, 0.15) is 24.0 Å². The Morgan fingerprint density at radius 3 is 2.32 bits per heavy atom. The van der Waals surface area contributed by atoms with E-state index in [9.17, 15) is 9.59 Å². The van der Waals surface area contributed by atoms with Crippen LogP contribution in [0.15, 0.2) is 59.5 Å². The third kappa shape index (κ3) is 3.98. The van der Waals surface area contributed by atoms with Gasteiger partial charge in [0.25, 0.3) is 0 Å². The largest absolute Gasteiger partial charge is 0.468 e. The zero-order valence-corrected chi connectivity index (χ0v) is 13.4. The van der Waals surface area contributed by atoms with Crippen molar-refractivity contribution in [3.63, 3.8) is 0 Å². The number of hydrogen-bond donors (Lipinski definition) is 0. The Morgan fingerprint density at radius 1 is 1.05 bits per heavy atom. The predicted octanol–water partition coefficient (Wildman–Crippen LogP) is 3.82. The van der Waals surface area contributed by atoms with E-state index in [4.69, 9.17) is 4.74 Å². The first kappa shape index (κ1) is 16.3. The van der Waals surface area contributed by atoms with Crippen LogP contribution in [0.3, 0.4) is 0 Å². The first-order valence-corrected chi connectivity index (χ1v) is 7.96. The summed E-state index contributed by atoms with van der Waals surface area (Å²) in [4.78, 5) is 24.7. The van der Waals surface area contributed by atoms with Crippen LogP contribution in [-0.2, 0) is 20.1 Å². The maximum atomic E-state index is 11.9. The molecule has 2 aromatic carbocycles. The Labute approximate surface area is 134 Å². The lowest BCUT2D eigenvalue weighted by atomic mass is 9.95. The molecule has 0 saturated heterocycles. The quantitative estimate of drug-likeness (QED) is 0.462. The number of benzene rings is 2. The molecule has 1 unspecified atom stereocenters. The van der Waals surface area contributed by atoms with Crippen molar-refractivity contribution in [1.82, 2.24) is 0 Å². The summed E-state index contributed by atoms with van der Waals surface area (Å²) in [5.41, 5.74) is 1.91. The second-order valence-electron chi connectivity index (χ2n) is 4.88. The fourth-order valence-electron chi connectivity index (χ4n) is 2.22. The van der Waals surface area contributed by atoms with Crippen molar-refractivity contribution in [3.05, 3.63) is 65.7 Å². The Kier molecular flexibility index (Phi) is 5.78. The highest BCUT2D eigenvalue weighted by molar-refractivity contribution is 7.98. The molecule has 0 amide bonds. The van der Waals surface area contributed by atoms with Gasteiger partial charge in [-0.2, -0.15) is 0 Å². The van der Waals surface area contributed by atoms with E-state index in [-0.39, 0.29) is 5.78 Å². The molecular weight excluding hydrogens is 296 g/mol. The number of carbonyl (C=O) groups is 2. The van der Waals surface area contributed by atoms with Gasteiger partial charge >= 0.3 is 5.97 Å². The molecule has 1 atom stereocenters. The molecule has 22 heavy (non-hydrogen) atoms. The van der Waals surface area contributed by atoms with Crippen molar-refractivity contribution < 1.29 is 14.3 Å². The van der Waals surface area contributed by atoms with Gasteiger partial charge in [-0.25, -0.2) is 0 Å². The Hall–Kier alpha value is -2.07. The molecule has 0 bridgehead atoms. The van der Waals surface area contributed by atoms with Crippen molar-refractivity contribution >= 4 is 23.5 Å². The molecule has 0 saturated carbocycles. The Morgan fingerprint density at radius 2 is 1.68 bits per heavy atom. The predicted molar refractivity (Wildman–Crippen MR) is 87.9 cm³/mol. The number of hydrogen-bond acceptors (Lipinski definition) is 4.